The molecule has 5 heteroatoms. The van der Waals surface area contributed by atoms with Crippen molar-refractivity contribution in [1.82, 2.24) is 4.98 Å². The summed E-state index contributed by atoms with van der Waals surface area (Å²) in [6.45, 7) is 0. The summed E-state index contributed by atoms with van der Waals surface area (Å²) in [6, 6.07) is 12.0. The average Bonchev–Trinajstić information content (AvgIpc) is 2.45. The van der Waals surface area contributed by atoms with Gasteiger partial charge in [-0.15, -0.1) is 0 Å². The maximum atomic E-state index is 13.9. The van der Waals surface area contributed by atoms with E-state index in [1.54, 1.807) is 18.3 Å². The lowest BCUT2D eigenvalue weighted by atomic mass is 10.1. The number of benzene rings is 2. The van der Waals surface area contributed by atoms with Crippen molar-refractivity contribution in [2.75, 3.05) is 11.1 Å². The predicted molar refractivity (Wildman–Crippen MR) is 80.8 cm³/mol. The van der Waals surface area contributed by atoms with E-state index >= 15 is 0 Å². The number of nitrogens with zero attached hydrogens (tertiary/aromatic N) is 1. The molecule has 0 aliphatic heterocycles. The largest absolute Gasteiger partial charge is 0.396 e. The van der Waals surface area contributed by atoms with Gasteiger partial charge in [0.1, 0.15) is 5.82 Å². The zero-order valence-corrected chi connectivity index (χ0v) is 11.2. The zero-order chi connectivity index (χ0) is 14.1. The van der Waals surface area contributed by atoms with Crippen molar-refractivity contribution in [3.8, 4) is 0 Å². The van der Waals surface area contributed by atoms with Gasteiger partial charge in [-0.25, -0.2) is 4.39 Å². The Morgan fingerprint density at radius 2 is 1.85 bits per heavy atom. The number of halogens is 2. The first-order valence-corrected chi connectivity index (χ1v) is 6.39. The standard InChI is InChI=1S/C15H11ClFN3/c16-10-5-3-6-11(17)15(10)20-14-9-4-1-2-7-13(9)19-8-12(14)18/h1-8H,18H2,(H,19,20). The molecule has 0 aliphatic rings. The predicted octanol–water partition coefficient (Wildman–Crippen LogP) is 4.35. The molecule has 3 aromatic rings. The molecule has 20 heavy (non-hydrogen) atoms. The van der Waals surface area contributed by atoms with E-state index in [-0.39, 0.29) is 5.69 Å². The monoisotopic (exact) mass is 287 g/mol. The Bertz CT molecular complexity index is 769. The van der Waals surface area contributed by atoms with Gasteiger partial charge in [-0.3, -0.25) is 4.98 Å². The van der Waals surface area contributed by atoms with Gasteiger partial charge >= 0.3 is 0 Å². The van der Waals surface area contributed by atoms with Crippen LogP contribution in [0.15, 0.2) is 48.7 Å². The molecule has 0 aliphatic carbocycles. The van der Waals surface area contributed by atoms with Crippen molar-refractivity contribution in [3.63, 3.8) is 0 Å². The second-order valence-corrected chi connectivity index (χ2v) is 4.73. The summed E-state index contributed by atoms with van der Waals surface area (Å²) in [5.41, 5.74) is 7.96. The van der Waals surface area contributed by atoms with Crippen LogP contribution < -0.4 is 11.1 Å². The van der Waals surface area contributed by atoms with E-state index in [2.05, 4.69) is 10.3 Å². The van der Waals surface area contributed by atoms with Crippen LogP contribution in [0.2, 0.25) is 5.02 Å². The fourth-order valence-electron chi connectivity index (χ4n) is 2.04. The minimum atomic E-state index is -0.433. The molecule has 1 heterocycles. The fraction of sp³-hybridized carbons (Fsp3) is 0. The summed E-state index contributed by atoms with van der Waals surface area (Å²) in [4.78, 5) is 4.24. The smallest absolute Gasteiger partial charge is 0.148 e. The SMILES string of the molecule is Nc1cnc2ccccc2c1Nc1c(F)cccc1Cl. The number of nitrogens with one attached hydrogen (secondary N) is 1. The molecule has 100 valence electrons. The summed E-state index contributed by atoms with van der Waals surface area (Å²) in [6.07, 6.45) is 1.54. The molecular weight excluding hydrogens is 277 g/mol. The van der Waals surface area contributed by atoms with Gasteiger partial charge in [0.25, 0.3) is 0 Å². The van der Waals surface area contributed by atoms with Crippen molar-refractivity contribution in [3.05, 3.63) is 59.5 Å². The van der Waals surface area contributed by atoms with Crippen LogP contribution in [0.1, 0.15) is 0 Å². The molecule has 0 bridgehead atoms. The Morgan fingerprint density at radius 1 is 1.05 bits per heavy atom. The van der Waals surface area contributed by atoms with Crippen LogP contribution in [0.5, 0.6) is 0 Å². The highest BCUT2D eigenvalue weighted by atomic mass is 35.5. The molecule has 0 amide bonds. The topological polar surface area (TPSA) is 50.9 Å². The van der Waals surface area contributed by atoms with Crippen molar-refractivity contribution in [1.29, 1.82) is 0 Å². The van der Waals surface area contributed by atoms with Crippen LogP contribution in [-0.2, 0) is 0 Å². The molecule has 0 saturated heterocycles. The van der Waals surface area contributed by atoms with E-state index in [1.165, 1.54) is 6.07 Å². The second kappa shape index (κ2) is 4.98. The number of hydrogen-bond acceptors (Lipinski definition) is 3. The lowest BCUT2D eigenvalue weighted by Gasteiger charge is -2.13. The number of pyridine rings is 1. The molecule has 1 aromatic heterocycles. The summed E-state index contributed by atoms with van der Waals surface area (Å²) < 4.78 is 13.9. The van der Waals surface area contributed by atoms with Crippen LogP contribution in [0, 0.1) is 5.82 Å². The Balaban J connectivity index is 2.18. The first-order valence-electron chi connectivity index (χ1n) is 6.01. The second-order valence-electron chi connectivity index (χ2n) is 4.33. The Hall–Kier alpha value is -2.33. The highest BCUT2D eigenvalue weighted by Gasteiger charge is 2.11. The maximum Gasteiger partial charge on any atom is 0.148 e. The molecular formula is C15H11ClFN3. The first kappa shape index (κ1) is 12.7. The molecule has 3 N–H and O–H groups in total. The first-order chi connectivity index (χ1) is 9.66. The van der Waals surface area contributed by atoms with E-state index in [9.17, 15) is 4.39 Å². The molecule has 0 fully saturated rings. The summed E-state index contributed by atoms with van der Waals surface area (Å²) in [5.74, 6) is -0.433. The lowest BCUT2D eigenvalue weighted by molar-refractivity contribution is 0.632. The van der Waals surface area contributed by atoms with Crippen molar-refractivity contribution < 1.29 is 4.39 Å². The number of nitrogen functional groups attached to an aromatic ring is 1. The number of anilines is 3. The molecule has 0 spiro atoms. The number of fused-ring (bicyclic) bond motifs is 1. The van der Waals surface area contributed by atoms with Gasteiger partial charge in [-0.05, 0) is 18.2 Å². The molecule has 0 atom stereocenters. The van der Waals surface area contributed by atoms with E-state index < -0.39 is 5.82 Å². The molecule has 2 aromatic carbocycles. The number of rotatable bonds is 2. The quantitative estimate of drug-likeness (QED) is 0.736. The van der Waals surface area contributed by atoms with Crippen molar-refractivity contribution in [2.24, 2.45) is 0 Å². The Kier molecular flexibility index (Phi) is 3.16. The highest BCUT2D eigenvalue weighted by Crippen LogP contribution is 2.34. The fourth-order valence-corrected chi connectivity index (χ4v) is 2.25. The van der Waals surface area contributed by atoms with Crippen LogP contribution in [-0.4, -0.2) is 4.98 Å². The van der Waals surface area contributed by atoms with Gasteiger partial charge in [-0.1, -0.05) is 35.9 Å². The summed E-state index contributed by atoms with van der Waals surface area (Å²) in [5, 5.41) is 4.09. The normalized spacial score (nSPS) is 10.7. The Labute approximate surface area is 120 Å². The molecule has 3 nitrogen and oxygen atoms in total. The number of hydrogen-bond donors (Lipinski definition) is 2. The van der Waals surface area contributed by atoms with Gasteiger partial charge < -0.3 is 11.1 Å². The third-order valence-corrected chi connectivity index (χ3v) is 3.33. The number of aromatic nitrogens is 1. The number of para-hydroxylation sites is 2. The van der Waals surface area contributed by atoms with Gasteiger partial charge in [-0.2, -0.15) is 0 Å². The van der Waals surface area contributed by atoms with Crippen LogP contribution in [0.25, 0.3) is 10.9 Å². The van der Waals surface area contributed by atoms with Crippen LogP contribution >= 0.6 is 11.6 Å². The van der Waals surface area contributed by atoms with E-state index in [4.69, 9.17) is 17.3 Å². The Morgan fingerprint density at radius 3 is 2.65 bits per heavy atom. The lowest BCUT2D eigenvalue weighted by Crippen LogP contribution is -2.01. The summed E-state index contributed by atoms with van der Waals surface area (Å²) >= 11 is 6.02. The van der Waals surface area contributed by atoms with Gasteiger partial charge in [0.05, 0.1) is 33.8 Å². The van der Waals surface area contributed by atoms with Crippen molar-refractivity contribution >= 4 is 39.6 Å². The molecule has 0 radical (unpaired) electrons. The van der Waals surface area contributed by atoms with Gasteiger partial charge in [0.2, 0.25) is 0 Å². The number of nitrogens with two attached hydrogens (primary N) is 1. The van der Waals surface area contributed by atoms with E-state index in [0.717, 1.165) is 10.9 Å². The van der Waals surface area contributed by atoms with E-state index in [1.807, 2.05) is 24.3 Å². The third-order valence-electron chi connectivity index (χ3n) is 3.02. The van der Waals surface area contributed by atoms with E-state index in [0.29, 0.717) is 16.4 Å². The van der Waals surface area contributed by atoms with Crippen LogP contribution in [0.3, 0.4) is 0 Å². The molecule has 0 saturated carbocycles. The maximum absolute atomic E-state index is 13.9. The minimum Gasteiger partial charge on any atom is -0.396 e. The van der Waals surface area contributed by atoms with Crippen molar-refractivity contribution in [2.45, 2.75) is 0 Å². The third kappa shape index (κ3) is 2.14. The van der Waals surface area contributed by atoms with Gasteiger partial charge in [0.15, 0.2) is 0 Å². The molecule has 0 unspecified atom stereocenters. The average molecular weight is 288 g/mol. The molecule has 3 rings (SSSR count). The van der Waals surface area contributed by atoms with Gasteiger partial charge in [0, 0.05) is 5.39 Å². The zero-order valence-electron chi connectivity index (χ0n) is 10.4. The summed E-state index contributed by atoms with van der Waals surface area (Å²) in [7, 11) is 0. The highest BCUT2D eigenvalue weighted by molar-refractivity contribution is 6.33. The van der Waals surface area contributed by atoms with Crippen LogP contribution in [0.4, 0.5) is 21.5 Å². The minimum absolute atomic E-state index is 0.206.